The first kappa shape index (κ1) is 21.6. The lowest BCUT2D eigenvalue weighted by molar-refractivity contribution is -0.122. The summed E-state index contributed by atoms with van der Waals surface area (Å²) >= 11 is 1.34. The molecule has 7 nitrogen and oxygen atoms in total. The summed E-state index contributed by atoms with van der Waals surface area (Å²) in [6.07, 6.45) is -0.776. The van der Waals surface area contributed by atoms with E-state index in [2.05, 4.69) is 10.3 Å². The van der Waals surface area contributed by atoms with Gasteiger partial charge in [-0.3, -0.25) is 10.1 Å². The predicted molar refractivity (Wildman–Crippen MR) is 125 cm³/mol. The summed E-state index contributed by atoms with van der Waals surface area (Å²) in [6.45, 7) is 6.03. The van der Waals surface area contributed by atoms with Crippen molar-refractivity contribution in [2.75, 3.05) is 11.9 Å². The number of nitrogens with one attached hydrogen (secondary N) is 1. The summed E-state index contributed by atoms with van der Waals surface area (Å²) in [5.74, 6) is 0.903. The summed E-state index contributed by atoms with van der Waals surface area (Å²) in [5, 5.41) is 5.96. The van der Waals surface area contributed by atoms with Crippen LogP contribution in [0.1, 0.15) is 19.4 Å². The number of hydrogen-bond donors (Lipinski definition) is 1. The molecule has 2 heterocycles. The van der Waals surface area contributed by atoms with E-state index in [1.165, 1.54) is 17.4 Å². The van der Waals surface area contributed by atoms with Gasteiger partial charge in [0.05, 0.1) is 12.3 Å². The third-order valence-corrected chi connectivity index (χ3v) is 5.56. The number of aryl methyl sites for hydroxylation is 1. The standard InChI is InChI=1S/C24H22N2O5S/c1-4-29-17-7-5-16(6-8-17)20-13-32-24(25-20)26-23(28)15(3)30-18-9-10-19-14(2)11-22(27)31-21(19)12-18/h5-13,15H,4H2,1-3H3,(H,25,26,28). The number of anilines is 1. The van der Waals surface area contributed by atoms with Crippen LogP contribution in [0.15, 0.2) is 63.1 Å². The maximum absolute atomic E-state index is 12.6. The second-order valence-corrected chi connectivity index (χ2v) is 8.01. The van der Waals surface area contributed by atoms with Crippen molar-refractivity contribution in [2.24, 2.45) is 0 Å². The fourth-order valence-corrected chi connectivity index (χ4v) is 3.92. The predicted octanol–water partition coefficient (Wildman–Crippen LogP) is 5.03. The highest BCUT2D eigenvalue weighted by Gasteiger charge is 2.17. The Hall–Kier alpha value is -3.65. The number of hydrogen-bond acceptors (Lipinski definition) is 7. The van der Waals surface area contributed by atoms with Gasteiger partial charge in [0.25, 0.3) is 5.91 Å². The normalized spacial score (nSPS) is 11.8. The average molecular weight is 451 g/mol. The molecule has 0 bridgehead atoms. The van der Waals surface area contributed by atoms with Crippen LogP contribution >= 0.6 is 11.3 Å². The Morgan fingerprint density at radius 2 is 1.91 bits per heavy atom. The Morgan fingerprint density at radius 3 is 2.66 bits per heavy atom. The highest BCUT2D eigenvalue weighted by Crippen LogP contribution is 2.27. The van der Waals surface area contributed by atoms with Gasteiger partial charge >= 0.3 is 5.63 Å². The number of amides is 1. The zero-order valence-electron chi connectivity index (χ0n) is 17.9. The number of fused-ring (bicyclic) bond motifs is 1. The molecular weight excluding hydrogens is 428 g/mol. The number of nitrogens with zero attached hydrogens (tertiary/aromatic N) is 1. The molecule has 8 heteroatoms. The van der Waals surface area contributed by atoms with Crippen LogP contribution in [-0.2, 0) is 4.79 Å². The molecule has 164 valence electrons. The summed E-state index contributed by atoms with van der Waals surface area (Å²) in [5.41, 5.74) is 2.51. The minimum absolute atomic E-state index is 0.330. The van der Waals surface area contributed by atoms with Gasteiger partial charge in [0, 0.05) is 28.5 Å². The number of carbonyl (C=O) groups is 1. The Bertz CT molecular complexity index is 1310. The maximum atomic E-state index is 12.6. The fraction of sp³-hybridized carbons (Fsp3) is 0.208. The largest absolute Gasteiger partial charge is 0.494 e. The van der Waals surface area contributed by atoms with Gasteiger partial charge in [-0.25, -0.2) is 9.78 Å². The molecule has 2 aromatic heterocycles. The Labute approximate surface area is 188 Å². The number of ether oxygens (including phenoxy) is 2. The molecule has 0 aliphatic heterocycles. The van der Waals surface area contributed by atoms with E-state index in [-0.39, 0.29) is 5.91 Å². The van der Waals surface area contributed by atoms with Crippen LogP contribution in [-0.4, -0.2) is 23.6 Å². The highest BCUT2D eigenvalue weighted by atomic mass is 32.1. The van der Waals surface area contributed by atoms with Crippen LogP contribution in [0.5, 0.6) is 11.5 Å². The first-order valence-electron chi connectivity index (χ1n) is 10.1. The molecule has 0 spiro atoms. The zero-order chi connectivity index (χ0) is 22.7. The third-order valence-electron chi connectivity index (χ3n) is 4.80. The molecule has 1 unspecified atom stereocenters. The molecule has 2 aromatic carbocycles. The average Bonchev–Trinajstić information content (AvgIpc) is 3.22. The van der Waals surface area contributed by atoms with Gasteiger partial charge in [0.15, 0.2) is 11.2 Å². The van der Waals surface area contributed by atoms with Crippen LogP contribution in [0.2, 0.25) is 0 Å². The number of carbonyl (C=O) groups excluding carboxylic acids is 1. The molecule has 0 saturated carbocycles. The summed E-state index contributed by atoms with van der Waals surface area (Å²) in [6, 6.07) is 14.2. The Balaban J connectivity index is 1.42. The monoisotopic (exact) mass is 450 g/mol. The number of thiazole rings is 1. The van der Waals surface area contributed by atoms with Gasteiger partial charge in [0.2, 0.25) is 0 Å². The second kappa shape index (κ2) is 9.23. The summed E-state index contributed by atoms with van der Waals surface area (Å²) in [4.78, 5) is 28.7. The molecule has 4 rings (SSSR count). The van der Waals surface area contributed by atoms with Crippen molar-refractivity contribution in [1.82, 2.24) is 4.98 Å². The summed E-state index contributed by atoms with van der Waals surface area (Å²) in [7, 11) is 0. The van der Waals surface area contributed by atoms with Crippen molar-refractivity contribution < 1.29 is 18.7 Å². The van der Waals surface area contributed by atoms with E-state index < -0.39 is 11.7 Å². The Morgan fingerprint density at radius 1 is 1.16 bits per heavy atom. The molecule has 1 amide bonds. The minimum Gasteiger partial charge on any atom is -0.494 e. The van der Waals surface area contributed by atoms with Crippen LogP contribution in [0.3, 0.4) is 0 Å². The van der Waals surface area contributed by atoms with Crippen molar-refractivity contribution in [2.45, 2.75) is 26.9 Å². The van der Waals surface area contributed by atoms with Crippen molar-refractivity contribution in [1.29, 1.82) is 0 Å². The van der Waals surface area contributed by atoms with Crippen molar-refractivity contribution in [3.8, 4) is 22.8 Å². The van der Waals surface area contributed by atoms with E-state index in [9.17, 15) is 9.59 Å². The highest BCUT2D eigenvalue weighted by molar-refractivity contribution is 7.14. The lowest BCUT2D eigenvalue weighted by Gasteiger charge is -2.14. The molecule has 0 saturated heterocycles. The molecule has 0 aliphatic carbocycles. The van der Waals surface area contributed by atoms with Gasteiger partial charge < -0.3 is 13.9 Å². The van der Waals surface area contributed by atoms with Crippen molar-refractivity contribution >= 4 is 33.3 Å². The van der Waals surface area contributed by atoms with Gasteiger partial charge in [-0.2, -0.15) is 0 Å². The van der Waals surface area contributed by atoms with E-state index in [4.69, 9.17) is 13.9 Å². The number of benzene rings is 2. The van der Waals surface area contributed by atoms with E-state index in [1.807, 2.05) is 43.5 Å². The number of rotatable bonds is 7. The van der Waals surface area contributed by atoms with Gasteiger partial charge in [-0.05, 0) is 62.7 Å². The quantitative estimate of drug-likeness (QED) is 0.397. The van der Waals surface area contributed by atoms with Gasteiger partial charge in [0.1, 0.15) is 17.1 Å². The van der Waals surface area contributed by atoms with Crippen molar-refractivity contribution in [3.05, 3.63) is 69.9 Å². The second-order valence-electron chi connectivity index (χ2n) is 7.15. The Kier molecular flexibility index (Phi) is 6.23. The molecule has 0 aliphatic rings. The molecule has 1 N–H and O–H groups in total. The van der Waals surface area contributed by atoms with E-state index in [0.29, 0.717) is 23.1 Å². The molecule has 32 heavy (non-hydrogen) atoms. The van der Waals surface area contributed by atoms with E-state index in [0.717, 1.165) is 28.0 Å². The van der Waals surface area contributed by atoms with Crippen molar-refractivity contribution in [3.63, 3.8) is 0 Å². The first-order valence-corrected chi connectivity index (χ1v) is 11.0. The summed E-state index contributed by atoms with van der Waals surface area (Å²) < 4.78 is 16.4. The molecule has 4 aromatic rings. The maximum Gasteiger partial charge on any atom is 0.336 e. The van der Waals surface area contributed by atoms with Gasteiger partial charge in [-0.15, -0.1) is 11.3 Å². The first-order chi connectivity index (χ1) is 15.4. The lowest BCUT2D eigenvalue weighted by Crippen LogP contribution is -2.30. The van der Waals surface area contributed by atoms with E-state index >= 15 is 0 Å². The smallest absolute Gasteiger partial charge is 0.336 e. The molecule has 0 fully saturated rings. The van der Waals surface area contributed by atoms with Crippen LogP contribution < -0.4 is 20.4 Å². The lowest BCUT2D eigenvalue weighted by atomic mass is 10.1. The number of aromatic nitrogens is 1. The topological polar surface area (TPSA) is 90.7 Å². The van der Waals surface area contributed by atoms with Crippen LogP contribution in [0.25, 0.3) is 22.2 Å². The molecule has 0 radical (unpaired) electrons. The van der Waals surface area contributed by atoms with Gasteiger partial charge in [-0.1, -0.05) is 0 Å². The zero-order valence-corrected chi connectivity index (χ0v) is 18.7. The fourth-order valence-electron chi connectivity index (χ4n) is 3.20. The molecule has 1 atom stereocenters. The van der Waals surface area contributed by atoms with Crippen LogP contribution in [0, 0.1) is 6.92 Å². The molecular formula is C24H22N2O5S. The van der Waals surface area contributed by atoms with Crippen LogP contribution in [0.4, 0.5) is 5.13 Å². The SMILES string of the molecule is CCOc1ccc(-c2csc(NC(=O)C(C)Oc3ccc4c(C)cc(=O)oc4c3)n2)cc1. The third kappa shape index (κ3) is 4.81. The minimum atomic E-state index is -0.776. The van der Waals surface area contributed by atoms with E-state index in [1.54, 1.807) is 25.1 Å².